The van der Waals surface area contributed by atoms with Crippen LogP contribution in [0.1, 0.15) is 52.4 Å². The molecule has 0 aromatic heterocycles. The fourth-order valence-corrected chi connectivity index (χ4v) is 2.20. The van der Waals surface area contributed by atoms with Crippen molar-refractivity contribution in [1.82, 2.24) is 0 Å². The molecule has 0 aromatic rings. The minimum Gasteiger partial charge on any atom is -0.391 e. The number of aliphatic hydroxyl groups is 1. The second-order valence-corrected chi connectivity index (χ2v) is 6.64. The maximum atomic E-state index is 9.82. The molecule has 7 heteroatoms. The predicted molar refractivity (Wildman–Crippen MR) is 110 cm³/mol. The first-order valence-electron chi connectivity index (χ1n) is 11.0. The summed E-state index contributed by atoms with van der Waals surface area (Å²) < 4.78 is 32.5. The molecular formula is C21H44O7. The predicted octanol–water partition coefficient (Wildman–Crippen LogP) is 2.83. The van der Waals surface area contributed by atoms with Crippen LogP contribution in [0.4, 0.5) is 0 Å². The van der Waals surface area contributed by atoms with Gasteiger partial charge >= 0.3 is 0 Å². The van der Waals surface area contributed by atoms with Gasteiger partial charge in [-0.05, 0) is 25.7 Å². The third kappa shape index (κ3) is 23.8. The first-order chi connectivity index (χ1) is 13.8. The summed E-state index contributed by atoms with van der Waals surface area (Å²) in [5.74, 6) is 0. The molecule has 1 atom stereocenters. The van der Waals surface area contributed by atoms with Crippen molar-refractivity contribution in [2.24, 2.45) is 0 Å². The quantitative estimate of drug-likeness (QED) is 0.246. The maximum absolute atomic E-state index is 9.82. The Hall–Kier alpha value is -0.280. The van der Waals surface area contributed by atoms with Crippen molar-refractivity contribution in [3.63, 3.8) is 0 Å². The van der Waals surface area contributed by atoms with Gasteiger partial charge < -0.3 is 33.5 Å². The van der Waals surface area contributed by atoms with Crippen LogP contribution in [0, 0.1) is 0 Å². The van der Waals surface area contributed by atoms with Gasteiger partial charge in [0.15, 0.2) is 0 Å². The van der Waals surface area contributed by atoms with E-state index in [1.54, 1.807) is 0 Å². The highest BCUT2D eigenvalue weighted by Crippen LogP contribution is 1.99. The molecule has 1 unspecified atom stereocenters. The molecule has 0 saturated carbocycles. The molecule has 7 nitrogen and oxygen atoms in total. The monoisotopic (exact) mass is 408 g/mol. The minimum absolute atomic E-state index is 0.351. The van der Waals surface area contributed by atoms with E-state index >= 15 is 0 Å². The lowest BCUT2D eigenvalue weighted by molar-refractivity contribution is -0.00976. The summed E-state index contributed by atoms with van der Waals surface area (Å²) in [4.78, 5) is 0. The van der Waals surface area contributed by atoms with Crippen molar-refractivity contribution >= 4 is 0 Å². The topological polar surface area (TPSA) is 75.6 Å². The molecule has 0 aliphatic heterocycles. The van der Waals surface area contributed by atoms with E-state index < -0.39 is 6.10 Å². The van der Waals surface area contributed by atoms with Crippen molar-refractivity contribution in [1.29, 1.82) is 0 Å². The molecule has 0 saturated heterocycles. The highest BCUT2D eigenvalue weighted by Gasteiger charge is 2.04. The van der Waals surface area contributed by atoms with Crippen molar-refractivity contribution in [3.05, 3.63) is 0 Å². The Balaban J connectivity index is 3.10. The van der Waals surface area contributed by atoms with Gasteiger partial charge in [-0.1, -0.05) is 26.7 Å². The summed E-state index contributed by atoms with van der Waals surface area (Å²) >= 11 is 0. The summed E-state index contributed by atoms with van der Waals surface area (Å²) in [6.07, 6.45) is 5.50. The van der Waals surface area contributed by atoms with Gasteiger partial charge in [-0.3, -0.25) is 0 Å². The number of ether oxygens (including phenoxy) is 6. The first kappa shape index (κ1) is 27.7. The molecule has 28 heavy (non-hydrogen) atoms. The summed E-state index contributed by atoms with van der Waals surface area (Å²) in [6, 6.07) is 0. The van der Waals surface area contributed by atoms with Crippen LogP contribution in [0.5, 0.6) is 0 Å². The SMILES string of the molecule is CCCCOCCOCCOCCOCCCC(O)COCCOCCCC. The Morgan fingerprint density at radius 2 is 0.857 bits per heavy atom. The largest absolute Gasteiger partial charge is 0.391 e. The Labute approximate surface area is 172 Å². The molecule has 0 radical (unpaired) electrons. The Morgan fingerprint density at radius 1 is 0.500 bits per heavy atom. The van der Waals surface area contributed by atoms with E-state index in [4.69, 9.17) is 28.4 Å². The third-order valence-corrected chi connectivity index (χ3v) is 3.91. The van der Waals surface area contributed by atoms with Crippen LogP contribution in [0.15, 0.2) is 0 Å². The maximum Gasteiger partial charge on any atom is 0.0774 e. The number of hydrogen-bond donors (Lipinski definition) is 1. The highest BCUT2D eigenvalue weighted by molar-refractivity contribution is 4.54. The van der Waals surface area contributed by atoms with Gasteiger partial charge in [-0.2, -0.15) is 0 Å². The molecule has 0 aliphatic carbocycles. The summed E-state index contributed by atoms with van der Waals surface area (Å²) in [6.45, 7) is 11.5. The van der Waals surface area contributed by atoms with Crippen molar-refractivity contribution in [2.45, 2.75) is 58.5 Å². The second kappa shape index (κ2) is 24.8. The van der Waals surface area contributed by atoms with Crippen LogP contribution < -0.4 is 0 Å². The lowest BCUT2D eigenvalue weighted by Gasteiger charge is -2.12. The number of rotatable bonds is 24. The molecule has 0 bridgehead atoms. The zero-order chi connectivity index (χ0) is 20.5. The van der Waals surface area contributed by atoms with E-state index in [-0.39, 0.29) is 0 Å². The third-order valence-electron chi connectivity index (χ3n) is 3.91. The average Bonchev–Trinajstić information content (AvgIpc) is 2.70. The van der Waals surface area contributed by atoms with Gasteiger partial charge in [0.05, 0.1) is 65.6 Å². The molecule has 0 rings (SSSR count). The second-order valence-electron chi connectivity index (χ2n) is 6.64. The fraction of sp³-hybridized carbons (Fsp3) is 1.00. The molecule has 0 amide bonds. The summed E-state index contributed by atoms with van der Waals surface area (Å²) in [7, 11) is 0. The van der Waals surface area contributed by atoms with Crippen LogP contribution >= 0.6 is 0 Å². The van der Waals surface area contributed by atoms with Gasteiger partial charge in [-0.15, -0.1) is 0 Å². The van der Waals surface area contributed by atoms with E-state index in [2.05, 4.69) is 13.8 Å². The van der Waals surface area contributed by atoms with Crippen LogP contribution in [0.25, 0.3) is 0 Å². The fourth-order valence-electron chi connectivity index (χ4n) is 2.20. The van der Waals surface area contributed by atoms with Crippen LogP contribution in [-0.4, -0.2) is 90.5 Å². The Kier molecular flexibility index (Phi) is 24.5. The Morgan fingerprint density at radius 3 is 1.29 bits per heavy atom. The van der Waals surface area contributed by atoms with Gasteiger partial charge in [0, 0.05) is 19.8 Å². The van der Waals surface area contributed by atoms with Crippen molar-refractivity contribution < 1.29 is 33.5 Å². The van der Waals surface area contributed by atoms with Gasteiger partial charge in [0.25, 0.3) is 0 Å². The summed E-state index contributed by atoms with van der Waals surface area (Å²) in [5, 5.41) is 9.82. The lowest BCUT2D eigenvalue weighted by atomic mass is 10.2. The van der Waals surface area contributed by atoms with E-state index in [0.29, 0.717) is 72.5 Å². The van der Waals surface area contributed by atoms with E-state index in [9.17, 15) is 5.11 Å². The summed E-state index contributed by atoms with van der Waals surface area (Å²) in [5.41, 5.74) is 0. The van der Waals surface area contributed by atoms with E-state index in [1.807, 2.05) is 0 Å². The minimum atomic E-state index is -0.446. The molecule has 170 valence electrons. The first-order valence-corrected chi connectivity index (χ1v) is 11.0. The average molecular weight is 409 g/mol. The molecule has 0 spiro atoms. The molecule has 1 N–H and O–H groups in total. The van der Waals surface area contributed by atoms with Crippen LogP contribution in [0.2, 0.25) is 0 Å². The molecule has 0 fully saturated rings. The van der Waals surface area contributed by atoms with Crippen molar-refractivity contribution in [2.75, 3.05) is 79.3 Å². The highest BCUT2D eigenvalue weighted by atomic mass is 16.6. The van der Waals surface area contributed by atoms with E-state index in [1.165, 1.54) is 0 Å². The number of hydrogen-bond acceptors (Lipinski definition) is 7. The van der Waals surface area contributed by atoms with E-state index in [0.717, 1.165) is 45.3 Å². The number of aliphatic hydroxyl groups excluding tert-OH is 1. The normalized spacial score (nSPS) is 12.5. The van der Waals surface area contributed by atoms with Crippen LogP contribution in [0.3, 0.4) is 0 Å². The zero-order valence-corrected chi connectivity index (χ0v) is 18.2. The number of unbranched alkanes of at least 4 members (excludes halogenated alkanes) is 2. The van der Waals surface area contributed by atoms with Crippen molar-refractivity contribution in [3.8, 4) is 0 Å². The molecule has 0 aromatic carbocycles. The molecular weight excluding hydrogens is 364 g/mol. The standard InChI is InChI=1S/C21H44O7/c1-3-5-9-23-12-14-26-16-17-27-15-13-25-11-7-8-21(22)20-28-19-18-24-10-6-4-2/h21-22H,3-20H2,1-2H3. The Bertz CT molecular complexity index is 279. The van der Waals surface area contributed by atoms with Gasteiger partial charge in [0.1, 0.15) is 0 Å². The smallest absolute Gasteiger partial charge is 0.0774 e. The van der Waals surface area contributed by atoms with Gasteiger partial charge in [0.2, 0.25) is 0 Å². The van der Waals surface area contributed by atoms with Gasteiger partial charge in [-0.25, -0.2) is 0 Å². The zero-order valence-electron chi connectivity index (χ0n) is 18.2. The molecule has 0 heterocycles. The lowest BCUT2D eigenvalue weighted by Crippen LogP contribution is -2.18. The molecule has 0 aliphatic rings. The van der Waals surface area contributed by atoms with Crippen LogP contribution in [-0.2, 0) is 28.4 Å².